The van der Waals surface area contributed by atoms with E-state index < -0.39 is 0 Å². The zero-order valence-electron chi connectivity index (χ0n) is 21.3. The van der Waals surface area contributed by atoms with Crippen LogP contribution in [0.25, 0.3) is 0 Å². The maximum absolute atomic E-state index is 12.9. The van der Waals surface area contributed by atoms with Crippen molar-refractivity contribution in [3.05, 3.63) is 52.1 Å². The van der Waals surface area contributed by atoms with Crippen LogP contribution in [0, 0.1) is 26.7 Å². The monoisotopic (exact) mass is 493 g/mol. The molecule has 1 aromatic carbocycles. The van der Waals surface area contributed by atoms with E-state index in [2.05, 4.69) is 31.2 Å². The van der Waals surface area contributed by atoms with Crippen molar-refractivity contribution in [1.82, 2.24) is 15.5 Å². The number of aromatic nitrogens is 1. The fraction of sp³-hybridized carbons (Fsp3) is 0.400. The van der Waals surface area contributed by atoms with Gasteiger partial charge in [-0.05, 0) is 57.9 Å². The minimum absolute atomic E-state index is 0.0753. The summed E-state index contributed by atoms with van der Waals surface area (Å²) in [4.78, 5) is 30.1. The summed E-state index contributed by atoms with van der Waals surface area (Å²) in [5.74, 6) is 0.322. The van der Waals surface area contributed by atoms with Crippen molar-refractivity contribution in [3.8, 4) is 0 Å². The van der Waals surface area contributed by atoms with Crippen molar-refractivity contribution in [2.75, 3.05) is 30.9 Å². The molecule has 11 nitrogen and oxygen atoms in total. The Morgan fingerprint density at radius 3 is 2.72 bits per heavy atom. The lowest BCUT2D eigenvalue weighted by atomic mass is 10.0. The number of amidine groups is 1. The van der Waals surface area contributed by atoms with Gasteiger partial charge in [0.2, 0.25) is 5.91 Å². The molecule has 190 valence electrons. The van der Waals surface area contributed by atoms with Crippen LogP contribution >= 0.6 is 0 Å². The van der Waals surface area contributed by atoms with Gasteiger partial charge in [0.05, 0.1) is 24.8 Å². The minimum atomic E-state index is -0.358. The molecule has 0 bridgehead atoms. The molecule has 0 aliphatic carbocycles. The number of hydrogen-bond acceptors (Lipinski definition) is 9. The first-order chi connectivity index (χ1) is 17.2. The highest BCUT2D eigenvalue weighted by atomic mass is 16.5. The Balaban J connectivity index is 1.54. The molecule has 0 fully saturated rings. The number of amides is 2. The number of aryl methyl sites for hydroxylation is 3. The summed E-state index contributed by atoms with van der Waals surface area (Å²) in [6, 6.07) is 5.47. The number of benzene rings is 1. The van der Waals surface area contributed by atoms with E-state index >= 15 is 0 Å². The van der Waals surface area contributed by atoms with Crippen LogP contribution in [-0.2, 0) is 9.53 Å². The van der Waals surface area contributed by atoms with Gasteiger partial charge >= 0.3 is 0 Å². The molecular formula is C25H31N7O4. The van der Waals surface area contributed by atoms with Gasteiger partial charge in [-0.1, -0.05) is 11.2 Å². The van der Waals surface area contributed by atoms with Crippen LogP contribution in [0.1, 0.15) is 41.2 Å². The van der Waals surface area contributed by atoms with Gasteiger partial charge in [0.1, 0.15) is 23.4 Å². The number of fused-ring (bicyclic) bond motifs is 1. The van der Waals surface area contributed by atoms with Crippen molar-refractivity contribution < 1.29 is 18.8 Å². The summed E-state index contributed by atoms with van der Waals surface area (Å²) < 4.78 is 10.2. The summed E-state index contributed by atoms with van der Waals surface area (Å²) in [7, 11) is 1.61. The van der Waals surface area contributed by atoms with Crippen molar-refractivity contribution >= 4 is 35.4 Å². The molecule has 0 saturated carbocycles. The lowest BCUT2D eigenvalue weighted by Crippen LogP contribution is -2.41. The van der Waals surface area contributed by atoms with Crippen LogP contribution in [0.5, 0.6) is 0 Å². The number of hydrogen-bond donors (Lipinski definition) is 3. The van der Waals surface area contributed by atoms with Gasteiger partial charge in [0.25, 0.3) is 5.91 Å². The lowest BCUT2D eigenvalue weighted by Gasteiger charge is -2.23. The Kier molecular flexibility index (Phi) is 7.20. The van der Waals surface area contributed by atoms with Crippen LogP contribution < -0.4 is 16.0 Å². The summed E-state index contributed by atoms with van der Waals surface area (Å²) in [5, 5.41) is 19.3. The highest BCUT2D eigenvalue weighted by molar-refractivity contribution is 6.13. The molecule has 2 aliphatic heterocycles. The number of carbonyl (C=O) groups excluding carboxylic acids is 2. The minimum Gasteiger partial charge on any atom is -0.383 e. The summed E-state index contributed by atoms with van der Waals surface area (Å²) >= 11 is 0. The SMILES string of the molecule is COC[C@H](C)NC(=O)C1CN2N=CN=C(Nc3cc(NC(=O)c4c(C)noc4C)ccc3C)C2=C1C. The summed E-state index contributed by atoms with van der Waals surface area (Å²) in [6.45, 7) is 10.1. The Labute approximate surface area is 209 Å². The second-order valence-electron chi connectivity index (χ2n) is 9.05. The Bertz CT molecular complexity index is 1260. The van der Waals surface area contributed by atoms with E-state index in [9.17, 15) is 9.59 Å². The lowest BCUT2D eigenvalue weighted by molar-refractivity contribution is -0.124. The molecule has 1 unspecified atom stereocenters. The highest BCUT2D eigenvalue weighted by Gasteiger charge is 2.37. The highest BCUT2D eigenvalue weighted by Crippen LogP contribution is 2.32. The number of anilines is 2. The normalized spacial score (nSPS) is 17.6. The van der Waals surface area contributed by atoms with Crippen molar-refractivity contribution in [2.24, 2.45) is 16.0 Å². The van der Waals surface area contributed by atoms with Crippen LogP contribution in [0.3, 0.4) is 0 Å². The molecule has 0 saturated heterocycles. The molecule has 11 heteroatoms. The van der Waals surface area contributed by atoms with Gasteiger partial charge in [-0.15, -0.1) is 0 Å². The van der Waals surface area contributed by atoms with E-state index in [0.29, 0.717) is 41.7 Å². The van der Waals surface area contributed by atoms with Crippen LogP contribution in [0.2, 0.25) is 0 Å². The van der Waals surface area contributed by atoms with E-state index in [0.717, 1.165) is 22.5 Å². The molecule has 2 amide bonds. The number of rotatable bonds is 7. The largest absolute Gasteiger partial charge is 0.383 e. The average molecular weight is 494 g/mol. The topological polar surface area (TPSA) is 133 Å². The molecule has 2 aromatic rings. The van der Waals surface area contributed by atoms with Gasteiger partial charge in [0.15, 0.2) is 5.84 Å². The average Bonchev–Trinajstić information content (AvgIpc) is 3.35. The van der Waals surface area contributed by atoms with E-state index in [4.69, 9.17) is 9.26 Å². The first-order valence-corrected chi connectivity index (χ1v) is 11.7. The van der Waals surface area contributed by atoms with E-state index in [1.54, 1.807) is 26.0 Å². The second-order valence-corrected chi connectivity index (χ2v) is 9.05. The van der Waals surface area contributed by atoms with Crippen LogP contribution in [0.15, 0.2) is 44.1 Å². The number of ether oxygens (including phenoxy) is 1. The fourth-order valence-corrected chi connectivity index (χ4v) is 4.36. The number of methoxy groups -OCH3 is 1. The zero-order valence-corrected chi connectivity index (χ0v) is 21.3. The number of nitrogens with one attached hydrogen (secondary N) is 3. The first-order valence-electron chi connectivity index (χ1n) is 11.7. The first kappa shape index (κ1) is 25.1. The Morgan fingerprint density at radius 1 is 1.25 bits per heavy atom. The Hall–Kier alpha value is -3.99. The predicted molar refractivity (Wildman–Crippen MR) is 137 cm³/mol. The molecular weight excluding hydrogens is 462 g/mol. The molecule has 1 aromatic heterocycles. The smallest absolute Gasteiger partial charge is 0.261 e. The second kappa shape index (κ2) is 10.3. The quantitative estimate of drug-likeness (QED) is 0.540. The number of hydrazone groups is 1. The molecule has 2 atom stereocenters. The third-order valence-corrected chi connectivity index (χ3v) is 6.24. The summed E-state index contributed by atoms with van der Waals surface area (Å²) in [5.41, 5.74) is 4.93. The molecule has 3 N–H and O–H groups in total. The molecule has 0 spiro atoms. The zero-order chi connectivity index (χ0) is 26.0. The molecule has 36 heavy (non-hydrogen) atoms. The van der Waals surface area contributed by atoms with E-state index in [1.807, 2.05) is 39.0 Å². The van der Waals surface area contributed by atoms with Gasteiger partial charge < -0.3 is 25.2 Å². The van der Waals surface area contributed by atoms with Gasteiger partial charge in [-0.3, -0.25) is 14.6 Å². The van der Waals surface area contributed by atoms with Crippen molar-refractivity contribution in [3.63, 3.8) is 0 Å². The van der Waals surface area contributed by atoms with E-state index in [-0.39, 0.29) is 23.8 Å². The van der Waals surface area contributed by atoms with Crippen molar-refractivity contribution in [2.45, 2.75) is 40.7 Å². The van der Waals surface area contributed by atoms with Crippen LogP contribution in [0.4, 0.5) is 11.4 Å². The van der Waals surface area contributed by atoms with E-state index in [1.165, 1.54) is 6.34 Å². The summed E-state index contributed by atoms with van der Waals surface area (Å²) in [6.07, 6.45) is 1.46. The third-order valence-electron chi connectivity index (χ3n) is 6.24. The maximum Gasteiger partial charge on any atom is 0.261 e. The van der Waals surface area contributed by atoms with Crippen LogP contribution in [-0.4, -0.2) is 60.5 Å². The van der Waals surface area contributed by atoms with Gasteiger partial charge in [-0.25, -0.2) is 4.99 Å². The molecule has 3 heterocycles. The number of carbonyl (C=O) groups is 2. The number of aliphatic imine (C=N–C) groups is 1. The van der Waals surface area contributed by atoms with Crippen molar-refractivity contribution in [1.29, 1.82) is 0 Å². The Morgan fingerprint density at radius 2 is 2.03 bits per heavy atom. The van der Waals surface area contributed by atoms with Gasteiger partial charge in [-0.2, -0.15) is 5.10 Å². The maximum atomic E-state index is 12.9. The molecule has 0 radical (unpaired) electrons. The standard InChI is InChI=1S/C25H31N7O4/c1-13-7-8-18(29-25(34)21-16(4)31-36-17(21)5)9-20(13)30-23-22-15(3)19(10-32(22)27-12-26-23)24(33)28-14(2)11-35-6/h7-9,12,14,19H,10-11H2,1-6H3,(H,28,33)(H,29,34)(H,26,27,30)/t14-,19?/m0/s1. The van der Waals surface area contributed by atoms with Gasteiger partial charge in [0, 0.05) is 24.5 Å². The fourth-order valence-electron chi connectivity index (χ4n) is 4.36. The molecule has 4 rings (SSSR count). The third kappa shape index (κ3) is 5.01. The number of nitrogens with zero attached hydrogens (tertiary/aromatic N) is 4. The molecule has 2 aliphatic rings. The predicted octanol–water partition coefficient (Wildman–Crippen LogP) is 2.98.